The van der Waals surface area contributed by atoms with Gasteiger partial charge < -0.3 is 9.80 Å². The Kier molecular flexibility index (Phi) is 5.55. The lowest BCUT2D eigenvalue weighted by Crippen LogP contribution is -2.39. The first-order valence-electron chi connectivity index (χ1n) is 7.73. The highest BCUT2D eigenvalue weighted by molar-refractivity contribution is 8.00. The monoisotopic (exact) mass is 358 g/mol. The molecule has 1 amide bonds. The zero-order valence-corrected chi connectivity index (χ0v) is 14.8. The molecule has 22 heavy (non-hydrogen) atoms. The number of hydrogen-bond donors (Lipinski definition) is 0. The molecule has 0 saturated carbocycles. The Bertz CT molecular complexity index is 549. The number of halogens is 2. The quantitative estimate of drug-likeness (QED) is 0.810. The molecule has 6 heteroatoms. The highest BCUT2D eigenvalue weighted by Gasteiger charge is 2.33. The molecule has 0 spiro atoms. The molecular weight excluding hydrogens is 339 g/mol. The Morgan fingerprint density at radius 1 is 1.09 bits per heavy atom. The van der Waals surface area contributed by atoms with Crippen molar-refractivity contribution in [3.8, 4) is 0 Å². The third-order valence-corrected chi connectivity index (χ3v) is 6.30. The summed E-state index contributed by atoms with van der Waals surface area (Å²) in [4.78, 5) is 16.7. The molecule has 2 aliphatic rings. The molecule has 2 heterocycles. The van der Waals surface area contributed by atoms with E-state index >= 15 is 0 Å². The summed E-state index contributed by atoms with van der Waals surface area (Å²) < 4.78 is 0. The van der Waals surface area contributed by atoms with Crippen LogP contribution in [0.5, 0.6) is 0 Å². The van der Waals surface area contributed by atoms with Gasteiger partial charge in [0.05, 0.1) is 15.8 Å². The van der Waals surface area contributed by atoms with Crippen LogP contribution >= 0.6 is 35.0 Å². The second-order valence-electron chi connectivity index (χ2n) is 5.83. The number of benzene rings is 1. The van der Waals surface area contributed by atoms with E-state index in [4.69, 9.17) is 23.2 Å². The molecule has 1 aromatic carbocycles. The number of carbonyl (C=O) groups excluding carboxylic acids is 1. The van der Waals surface area contributed by atoms with Gasteiger partial charge in [-0.15, -0.1) is 11.8 Å². The molecule has 0 aliphatic carbocycles. The fourth-order valence-electron chi connectivity index (χ4n) is 3.07. The van der Waals surface area contributed by atoms with Crippen molar-refractivity contribution >= 4 is 40.9 Å². The summed E-state index contributed by atoms with van der Waals surface area (Å²) in [6, 6.07) is 5.66. The van der Waals surface area contributed by atoms with Crippen molar-refractivity contribution in [2.75, 3.05) is 31.9 Å². The second-order valence-corrected chi connectivity index (χ2v) is 7.71. The van der Waals surface area contributed by atoms with Crippen LogP contribution in [-0.4, -0.2) is 47.6 Å². The molecular formula is C16H20Cl2N2OS. The predicted octanol–water partition coefficient (Wildman–Crippen LogP) is 4.05. The average Bonchev–Trinajstić information content (AvgIpc) is 2.90. The van der Waals surface area contributed by atoms with Gasteiger partial charge in [-0.05, 0) is 43.6 Å². The maximum absolute atomic E-state index is 12.2. The molecule has 120 valence electrons. The number of hydrogen-bond acceptors (Lipinski definition) is 3. The first-order valence-corrected chi connectivity index (χ1v) is 9.54. The number of likely N-dealkylation sites (tertiary alicyclic amines) is 1. The van der Waals surface area contributed by atoms with E-state index < -0.39 is 0 Å². The molecule has 2 aliphatic heterocycles. The maximum Gasteiger partial charge on any atom is 0.233 e. The van der Waals surface area contributed by atoms with Crippen LogP contribution in [0.15, 0.2) is 18.2 Å². The lowest BCUT2D eigenvalue weighted by molar-refractivity contribution is -0.128. The minimum absolute atomic E-state index is 0.0621. The van der Waals surface area contributed by atoms with E-state index in [-0.39, 0.29) is 11.3 Å². The number of amides is 1. The summed E-state index contributed by atoms with van der Waals surface area (Å²) in [6.07, 6.45) is 3.89. The Labute approximate surface area is 145 Å². The van der Waals surface area contributed by atoms with Crippen molar-refractivity contribution in [2.45, 2.75) is 24.6 Å². The van der Waals surface area contributed by atoms with Crippen LogP contribution in [0, 0.1) is 0 Å². The lowest BCUT2D eigenvalue weighted by Gasteiger charge is -2.30. The molecule has 0 radical (unpaired) electrons. The van der Waals surface area contributed by atoms with Crippen LogP contribution in [-0.2, 0) is 4.79 Å². The van der Waals surface area contributed by atoms with Crippen LogP contribution < -0.4 is 0 Å². The zero-order chi connectivity index (χ0) is 15.5. The summed E-state index contributed by atoms with van der Waals surface area (Å²) in [7, 11) is 0. The molecule has 0 N–H and O–H groups in total. The summed E-state index contributed by atoms with van der Waals surface area (Å²) in [5.74, 6) is 0.767. The number of thioether (sulfide) groups is 1. The van der Waals surface area contributed by atoms with Crippen LogP contribution in [0.25, 0.3) is 0 Å². The molecule has 0 unspecified atom stereocenters. The van der Waals surface area contributed by atoms with E-state index in [2.05, 4.69) is 4.90 Å². The number of piperidine rings is 1. The van der Waals surface area contributed by atoms with Gasteiger partial charge >= 0.3 is 0 Å². The Morgan fingerprint density at radius 3 is 2.59 bits per heavy atom. The van der Waals surface area contributed by atoms with Gasteiger partial charge in [0.15, 0.2) is 0 Å². The molecule has 0 bridgehead atoms. The maximum atomic E-state index is 12.2. The van der Waals surface area contributed by atoms with E-state index in [0.717, 1.165) is 31.7 Å². The lowest BCUT2D eigenvalue weighted by atomic mass is 10.1. The van der Waals surface area contributed by atoms with Gasteiger partial charge in [-0.2, -0.15) is 0 Å². The molecule has 2 fully saturated rings. The largest absolute Gasteiger partial charge is 0.325 e. The van der Waals surface area contributed by atoms with Gasteiger partial charge in [-0.25, -0.2) is 0 Å². The normalized spacial score (nSPS) is 23.3. The van der Waals surface area contributed by atoms with Gasteiger partial charge in [0.25, 0.3) is 0 Å². The molecule has 3 rings (SSSR count). The van der Waals surface area contributed by atoms with Crippen molar-refractivity contribution in [3.05, 3.63) is 33.8 Å². The van der Waals surface area contributed by atoms with Gasteiger partial charge in [-0.1, -0.05) is 35.7 Å². The highest BCUT2D eigenvalue weighted by atomic mass is 35.5. The van der Waals surface area contributed by atoms with Crippen molar-refractivity contribution < 1.29 is 4.79 Å². The van der Waals surface area contributed by atoms with Crippen LogP contribution in [0.3, 0.4) is 0 Å². The Balaban J connectivity index is 1.67. The summed E-state index contributed by atoms with van der Waals surface area (Å²) in [6.45, 7) is 4.07. The van der Waals surface area contributed by atoms with E-state index in [1.165, 1.54) is 19.3 Å². The van der Waals surface area contributed by atoms with Crippen molar-refractivity contribution in [3.63, 3.8) is 0 Å². The van der Waals surface area contributed by atoms with Gasteiger partial charge in [0, 0.05) is 13.1 Å². The molecule has 1 atom stereocenters. The Morgan fingerprint density at radius 2 is 1.86 bits per heavy atom. The van der Waals surface area contributed by atoms with Crippen LogP contribution in [0.4, 0.5) is 0 Å². The second kappa shape index (κ2) is 7.43. The topological polar surface area (TPSA) is 23.6 Å². The van der Waals surface area contributed by atoms with Crippen LogP contribution in [0.2, 0.25) is 10.0 Å². The fourth-order valence-corrected chi connectivity index (χ4v) is 4.58. The average molecular weight is 359 g/mol. The molecule has 0 aromatic heterocycles. The third kappa shape index (κ3) is 3.73. The first kappa shape index (κ1) is 16.4. The molecule has 3 nitrogen and oxygen atoms in total. The summed E-state index contributed by atoms with van der Waals surface area (Å²) in [5, 5.41) is 1.17. The van der Waals surface area contributed by atoms with Crippen LogP contribution in [0.1, 0.15) is 30.2 Å². The third-order valence-electron chi connectivity index (χ3n) is 4.30. The van der Waals surface area contributed by atoms with Gasteiger partial charge in [0.2, 0.25) is 5.91 Å². The van der Waals surface area contributed by atoms with Crippen molar-refractivity contribution in [2.24, 2.45) is 0 Å². The number of nitrogens with zero attached hydrogens (tertiary/aromatic N) is 2. The van der Waals surface area contributed by atoms with E-state index in [0.29, 0.717) is 15.8 Å². The highest BCUT2D eigenvalue weighted by Crippen LogP contribution is 2.40. The number of rotatable bonds is 4. The smallest absolute Gasteiger partial charge is 0.233 e. The minimum atomic E-state index is 0.0621. The first-order chi connectivity index (χ1) is 10.6. The SMILES string of the molecule is O=C1CS[C@@H](c2ccc(Cl)c(Cl)c2)N1CCN1CCCCC1. The summed E-state index contributed by atoms with van der Waals surface area (Å²) >= 11 is 13.8. The van der Waals surface area contributed by atoms with E-state index in [1.54, 1.807) is 11.8 Å². The Hall–Kier alpha value is -0.420. The van der Waals surface area contributed by atoms with Crippen molar-refractivity contribution in [1.29, 1.82) is 0 Å². The summed E-state index contributed by atoms with van der Waals surface area (Å²) in [5.41, 5.74) is 1.06. The molecule has 1 aromatic rings. The fraction of sp³-hybridized carbons (Fsp3) is 0.562. The molecule has 2 saturated heterocycles. The minimum Gasteiger partial charge on any atom is -0.325 e. The predicted molar refractivity (Wildman–Crippen MR) is 93.7 cm³/mol. The standard InChI is InChI=1S/C16H20Cl2N2OS/c17-13-5-4-12(10-14(13)18)16-20(15(21)11-22-16)9-8-19-6-2-1-3-7-19/h4-5,10,16H,1-3,6-9,11H2/t16-/m0/s1. The van der Waals surface area contributed by atoms with E-state index in [9.17, 15) is 4.79 Å². The number of carbonyl (C=O) groups is 1. The van der Waals surface area contributed by atoms with Gasteiger partial charge in [0.1, 0.15) is 5.37 Å². The van der Waals surface area contributed by atoms with E-state index in [1.807, 2.05) is 23.1 Å². The van der Waals surface area contributed by atoms with Crippen molar-refractivity contribution in [1.82, 2.24) is 9.80 Å². The van der Waals surface area contributed by atoms with Gasteiger partial charge in [-0.3, -0.25) is 4.79 Å². The zero-order valence-electron chi connectivity index (χ0n) is 12.4.